The predicted molar refractivity (Wildman–Crippen MR) is 138 cm³/mol. The number of nitrogens with zero attached hydrogens (tertiary/aromatic N) is 1. The molecular weight excluding hydrogens is 386 g/mol. The second-order valence-electron chi connectivity index (χ2n) is 11.0. The lowest BCUT2D eigenvalue weighted by Crippen LogP contribution is -2.22. The van der Waals surface area contributed by atoms with E-state index in [0.29, 0.717) is 0 Å². The van der Waals surface area contributed by atoms with Crippen LogP contribution in [0.2, 0.25) is 0 Å². The van der Waals surface area contributed by atoms with Crippen LogP contribution in [0.3, 0.4) is 0 Å². The Morgan fingerprint density at radius 2 is 1.50 bits per heavy atom. The third kappa shape index (κ3) is 5.83. The fourth-order valence-corrected chi connectivity index (χ4v) is 6.49. The van der Waals surface area contributed by atoms with Crippen molar-refractivity contribution in [3.8, 4) is 11.3 Å². The Labute approximate surface area is 197 Å². The van der Waals surface area contributed by atoms with E-state index in [0.717, 1.165) is 35.3 Å². The van der Waals surface area contributed by atoms with Crippen LogP contribution in [-0.2, 0) is 0 Å². The van der Waals surface area contributed by atoms with Gasteiger partial charge in [0.25, 0.3) is 0 Å². The third-order valence-corrected chi connectivity index (χ3v) is 8.89. The summed E-state index contributed by atoms with van der Waals surface area (Å²) in [5.74, 6) is 4.25. The Morgan fingerprint density at radius 3 is 2.12 bits per heavy atom. The van der Waals surface area contributed by atoms with Gasteiger partial charge in [-0.25, -0.2) is 0 Å². The summed E-state index contributed by atoms with van der Waals surface area (Å²) in [5.41, 5.74) is 5.37. The average molecular weight is 432 g/mol. The number of hydrogen-bond donors (Lipinski definition) is 0. The molecule has 0 aliphatic heterocycles. The number of rotatable bonds is 8. The maximum atomic E-state index is 4.86. The molecule has 4 rings (SSSR count). The van der Waals surface area contributed by atoms with E-state index in [2.05, 4.69) is 63.4 Å². The van der Waals surface area contributed by atoms with Gasteiger partial charge >= 0.3 is 0 Å². The highest BCUT2D eigenvalue weighted by atomic mass is 14.7. The van der Waals surface area contributed by atoms with Crippen molar-refractivity contribution in [3.05, 3.63) is 53.7 Å². The van der Waals surface area contributed by atoms with E-state index in [1.54, 1.807) is 0 Å². The van der Waals surface area contributed by atoms with Crippen LogP contribution < -0.4 is 0 Å². The van der Waals surface area contributed by atoms with Gasteiger partial charge in [0.15, 0.2) is 0 Å². The summed E-state index contributed by atoms with van der Waals surface area (Å²) in [6.45, 7) is 7.15. The highest BCUT2D eigenvalue weighted by Gasteiger charge is 2.28. The quantitative estimate of drug-likeness (QED) is 0.379. The van der Waals surface area contributed by atoms with E-state index in [9.17, 15) is 0 Å². The standard InChI is InChI=1S/C31H45N/c1-4-6-7-8-25-13-18-29(21-23(25)3)26-14-16-28(17-15-26)31-20-19-30(22-32-31)27-11-9-24(5-2)10-12-27/h14-17,19-20,22-25,27,29H,4-13,18,21H2,1-3H3/t23?,24?,25?,27?,29-/m0/s1. The summed E-state index contributed by atoms with van der Waals surface area (Å²) < 4.78 is 0. The molecule has 1 heteroatoms. The summed E-state index contributed by atoms with van der Waals surface area (Å²) >= 11 is 0. The van der Waals surface area contributed by atoms with Gasteiger partial charge in [0.05, 0.1) is 5.69 Å². The fraction of sp³-hybridized carbons (Fsp3) is 0.645. The van der Waals surface area contributed by atoms with E-state index in [4.69, 9.17) is 4.98 Å². The molecule has 2 aromatic rings. The van der Waals surface area contributed by atoms with Gasteiger partial charge in [0.1, 0.15) is 0 Å². The number of aromatic nitrogens is 1. The molecule has 2 saturated carbocycles. The van der Waals surface area contributed by atoms with Crippen LogP contribution >= 0.6 is 0 Å². The summed E-state index contributed by atoms with van der Waals surface area (Å²) in [7, 11) is 0. The normalized spacial score (nSPS) is 28.5. The van der Waals surface area contributed by atoms with Gasteiger partial charge in [-0.1, -0.05) is 83.2 Å². The lowest BCUT2D eigenvalue weighted by atomic mass is 9.71. The molecular formula is C31H45N. The van der Waals surface area contributed by atoms with Crippen LogP contribution in [-0.4, -0.2) is 4.98 Å². The van der Waals surface area contributed by atoms with E-state index in [1.807, 2.05) is 0 Å². The molecule has 2 aliphatic rings. The predicted octanol–water partition coefficient (Wildman–Crippen LogP) is 9.53. The summed E-state index contributed by atoms with van der Waals surface area (Å²) in [4.78, 5) is 4.86. The lowest BCUT2D eigenvalue weighted by molar-refractivity contribution is 0.215. The van der Waals surface area contributed by atoms with Crippen molar-refractivity contribution >= 4 is 0 Å². The Balaban J connectivity index is 1.33. The van der Waals surface area contributed by atoms with Crippen LogP contribution in [0, 0.1) is 17.8 Å². The average Bonchev–Trinajstić information content (AvgIpc) is 2.85. The molecule has 1 aromatic heterocycles. The van der Waals surface area contributed by atoms with Gasteiger partial charge in [-0.2, -0.15) is 0 Å². The minimum Gasteiger partial charge on any atom is -0.256 e. The smallest absolute Gasteiger partial charge is 0.0702 e. The molecule has 1 heterocycles. The van der Waals surface area contributed by atoms with Crippen molar-refractivity contribution in [2.24, 2.45) is 17.8 Å². The molecule has 1 aromatic carbocycles. The first-order valence-electron chi connectivity index (χ1n) is 13.7. The lowest BCUT2D eigenvalue weighted by Gasteiger charge is -2.34. The molecule has 0 saturated heterocycles. The topological polar surface area (TPSA) is 12.9 Å². The Bertz CT molecular complexity index is 797. The highest BCUT2D eigenvalue weighted by molar-refractivity contribution is 5.59. The van der Waals surface area contributed by atoms with Gasteiger partial charge in [-0.3, -0.25) is 4.98 Å². The molecule has 0 amide bonds. The first kappa shape index (κ1) is 23.5. The number of hydrogen-bond acceptors (Lipinski definition) is 1. The number of unbranched alkanes of at least 4 members (excludes halogenated alkanes) is 2. The van der Waals surface area contributed by atoms with E-state index < -0.39 is 0 Å². The summed E-state index contributed by atoms with van der Waals surface area (Å²) in [6, 6.07) is 14.0. The van der Waals surface area contributed by atoms with Crippen molar-refractivity contribution in [2.75, 3.05) is 0 Å². The summed E-state index contributed by atoms with van der Waals surface area (Å²) in [6.07, 6.45) is 18.7. The Morgan fingerprint density at radius 1 is 0.781 bits per heavy atom. The van der Waals surface area contributed by atoms with Crippen molar-refractivity contribution in [1.29, 1.82) is 0 Å². The van der Waals surface area contributed by atoms with E-state index in [1.165, 1.54) is 93.7 Å². The zero-order valence-corrected chi connectivity index (χ0v) is 20.9. The van der Waals surface area contributed by atoms with Crippen molar-refractivity contribution < 1.29 is 0 Å². The molecule has 0 spiro atoms. The zero-order valence-electron chi connectivity index (χ0n) is 20.9. The molecule has 0 N–H and O–H groups in total. The summed E-state index contributed by atoms with van der Waals surface area (Å²) in [5, 5.41) is 0. The van der Waals surface area contributed by atoms with Gasteiger partial charge in [0.2, 0.25) is 0 Å². The first-order valence-corrected chi connectivity index (χ1v) is 13.7. The molecule has 32 heavy (non-hydrogen) atoms. The van der Waals surface area contributed by atoms with Crippen LogP contribution in [0.5, 0.6) is 0 Å². The zero-order chi connectivity index (χ0) is 22.3. The molecule has 2 aliphatic carbocycles. The largest absolute Gasteiger partial charge is 0.256 e. The van der Waals surface area contributed by atoms with E-state index >= 15 is 0 Å². The van der Waals surface area contributed by atoms with Crippen LogP contribution in [0.4, 0.5) is 0 Å². The Kier molecular flexibility index (Phi) is 8.44. The van der Waals surface area contributed by atoms with Gasteiger partial charge in [0, 0.05) is 11.8 Å². The Hall–Kier alpha value is -1.63. The van der Waals surface area contributed by atoms with Crippen molar-refractivity contribution in [3.63, 3.8) is 0 Å². The monoisotopic (exact) mass is 431 g/mol. The fourth-order valence-electron chi connectivity index (χ4n) is 6.49. The van der Waals surface area contributed by atoms with Crippen molar-refractivity contribution in [1.82, 2.24) is 4.98 Å². The highest BCUT2D eigenvalue weighted by Crippen LogP contribution is 2.42. The number of benzene rings is 1. The van der Waals surface area contributed by atoms with Gasteiger partial charge < -0.3 is 0 Å². The molecule has 0 bridgehead atoms. The molecule has 0 radical (unpaired) electrons. The van der Waals surface area contributed by atoms with Crippen LogP contribution in [0.15, 0.2) is 42.6 Å². The number of pyridine rings is 1. The maximum absolute atomic E-state index is 4.86. The van der Waals surface area contributed by atoms with Crippen molar-refractivity contribution in [2.45, 2.75) is 110 Å². The molecule has 3 atom stereocenters. The second kappa shape index (κ2) is 11.5. The third-order valence-electron chi connectivity index (χ3n) is 8.89. The minimum atomic E-state index is 0.723. The minimum absolute atomic E-state index is 0.723. The van der Waals surface area contributed by atoms with Crippen LogP contribution in [0.25, 0.3) is 11.3 Å². The molecule has 1 nitrogen and oxygen atoms in total. The molecule has 174 valence electrons. The van der Waals surface area contributed by atoms with E-state index in [-0.39, 0.29) is 0 Å². The van der Waals surface area contributed by atoms with Gasteiger partial charge in [-0.05, 0) is 91.7 Å². The molecule has 2 fully saturated rings. The maximum Gasteiger partial charge on any atom is 0.0702 e. The second-order valence-corrected chi connectivity index (χ2v) is 11.0. The molecule has 2 unspecified atom stereocenters. The van der Waals surface area contributed by atoms with Crippen LogP contribution in [0.1, 0.15) is 121 Å². The first-order chi connectivity index (χ1) is 15.7. The van der Waals surface area contributed by atoms with Gasteiger partial charge in [-0.15, -0.1) is 0 Å². The SMILES string of the molecule is CCCCCC1CC[C@H](c2ccc(-c3ccc(C4CCC(CC)CC4)cn3)cc2)CC1C.